The number of halogens is 4. The predicted molar refractivity (Wildman–Crippen MR) is 96.5 cm³/mol. The van der Waals surface area contributed by atoms with Crippen LogP contribution in [0.25, 0.3) is 0 Å². The molecule has 2 unspecified atom stereocenters. The van der Waals surface area contributed by atoms with Crippen LogP contribution in [0, 0.1) is 11.7 Å². The summed E-state index contributed by atoms with van der Waals surface area (Å²) in [5, 5.41) is 6.27. The zero-order chi connectivity index (χ0) is 19.9. The van der Waals surface area contributed by atoms with Crippen LogP contribution in [0.1, 0.15) is 13.3 Å². The third-order valence-electron chi connectivity index (χ3n) is 4.26. The first kappa shape index (κ1) is 21.3. The first-order chi connectivity index (χ1) is 12.7. The minimum absolute atomic E-state index is 0.152. The molecule has 152 valence electrons. The van der Waals surface area contributed by atoms with Gasteiger partial charge in [-0.25, -0.2) is 4.39 Å². The maximum atomic E-state index is 12.9. The predicted octanol–water partition coefficient (Wildman–Crippen LogP) is 2.64. The monoisotopic (exact) mass is 390 g/mol. The number of aliphatic imine (C=N–C) groups is 1. The van der Waals surface area contributed by atoms with Gasteiger partial charge in [0.05, 0.1) is 13.1 Å². The van der Waals surface area contributed by atoms with Crippen LogP contribution in [0.4, 0.5) is 17.6 Å². The van der Waals surface area contributed by atoms with Crippen LogP contribution >= 0.6 is 0 Å². The molecule has 0 spiro atoms. The number of ether oxygens (including phenoxy) is 1. The van der Waals surface area contributed by atoms with Crippen molar-refractivity contribution in [3.05, 3.63) is 30.1 Å². The summed E-state index contributed by atoms with van der Waals surface area (Å²) in [5.41, 5.74) is 0. The number of likely N-dealkylation sites (tertiary alicyclic amines) is 1. The Bertz CT molecular complexity index is 606. The Morgan fingerprint density at radius 1 is 1.30 bits per heavy atom. The van der Waals surface area contributed by atoms with Crippen molar-refractivity contribution in [2.24, 2.45) is 10.9 Å². The molecular weight excluding hydrogens is 364 g/mol. The highest BCUT2D eigenvalue weighted by molar-refractivity contribution is 5.79. The highest BCUT2D eigenvalue weighted by Crippen LogP contribution is 2.22. The average Bonchev–Trinajstić information content (AvgIpc) is 3.02. The molecule has 1 aromatic carbocycles. The summed E-state index contributed by atoms with van der Waals surface area (Å²) in [6.07, 6.45) is -3.60. The fourth-order valence-corrected chi connectivity index (χ4v) is 2.97. The molecule has 2 atom stereocenters. The van der Waals surface area contributed by atoms with Crippen molar-refractivity contribution in [1.82, 2.24) is 15.5 Å². The minimum atomic E-state index is -4.15. The van der Waals surface area contributed by atoms with Crippen LogP contribution < -0.4 is 15.4 Å². The fourth-order valence-electron chi connectivity index (χ4n) is 2.97. The van der Waals surface area contributed by atoms with Crippen LogP contribution in [0.15, 0.2) is 29.3 Å². The van der Waals surface area contributed by atoms with Crippen LogP contribution in [0.3, 0.4) is 0 Å². The highest BCUT2D eigenvalue weighted by atomic mass is 19.4. The molecule has 2 rings (SSSR count). The summed E-state index contributed by atoms with van der Waals surface area (Å²) < 4.78 is 55.9. The number of hydrogen-bond donors (Lipinski definition) is 2. The van der Waals surface area contributed by atoms with Gasteiger partial charge in [0.15, 0.2) is 5.96 Å². The van der Waals surface area contributed by atoms with E-state index in [0.717, 1.165) is 6.42 Å². The topological polar surface area (TPSA) is 48.9 Å². The van der Waals surface area contributed by atoms with Gasteiger partial charge in [-0.1, -0.05) is 0 Å². The molecule has 0 bridgehead atoms. The molecule has 0 amide bonds. The molecule has 0 aromatic heterocycles. The van der Waals surface area contributed by atoms with Crippen LogP contribution in [0.5, 0.6) is 5.75 Å². The lowest BCUT2D eigenvalue weighted by Crippen LogP contribution is -2.43. The van der Waals surface area contributed by atoms with E-state index in [9.17, 15) is 17.6 Å². The number of guanidine groups is 1. The molecule has 0 radical (unpaired) electrons. The van der Waals surface area contributed by atoms with Crippen molar-refractivity contribution in [3.63, 3.8) is 0 Å². The molecule has 1 aliphatic rings. The van der Waals surface area contributed by atoms with E-state index in [1.54, 1.807) is 19.2 Å². The average molecular weight is 390 g/mol. The molecule has 5 nitrogen and oxygen atoms in total. The number of nitrogens with one attached hydrogen (secondary N) is 2. The van der Waals surface area contributed by atoms with Gasteiger partial charge in [-0.05, 0) is 50.1 Å². The van der Waals surface area contributed by atoms with Gasteiger partial charge < -0.3 is 15.4 Å². The van der Waals surface area contributed by atoms with Crippen LogP contribution in [-0.4, -0.2) is 62.9 Å². The molecular formula is C18H26F4N4O. The third kappa shape index (κ3) is 8.03. The van der Waals surface area contributed by atoms with Gasteiger partial charge >= 0.3 is 6.18 Å². The van der Waals surface area contributed by atoms with Crippen molar-refractivity contribution >= 4 is 5.96 Å². The molecule has 0 saturated carbocycles. The Hall–Kier alpha value is -2.03. The maximum Gasteiger partial charge on any atom is 0.401 e. The third-order valence-corrected chi connectivity index (χ3v) is 4.26. The molecule has 9 heteroatoms. The highest BCUT2D eigenvalue weighted by Gasteiger charge is 2.34. The fraction of sp³-hybridized carbons (Fsp3) is 0.611. The van der Waals surface area contributed by atoms with Crippen LogP contribution in [-0.2, 0) is 0 Å². The summed E-state index contributed by atoms with van der Waals surface area (Å²) in [7, 11) is 1.63. The van der Waals surface area contributed by atoms with E-state index in [1.165, 1.54) is 17.0 Å². The van der Waals surface area contributed by atoms with Gasteiger partial charge in [-0.3, -0.25) is 9.89 Å². The molecule has 1 saturated heterocycles. The van der Waals surface area contributed by atoms with E-state index in [2.05, 4.69) is 15.6 Å². The Morgan fingerprint density at radius 3 is 2.63 bits per heavy atom. The lowest BCUT2D eigenvalue weighted by Gasteiger charge is -2.20. The quantitative estimate of drug-likeness (QED) is 0.427. The zero-order valence-corrected chi connectivity index (χ0v) is 15.5. The Balaban J connectivity index is 1.68. The molecule has 2 N–H and O–H groups in total. The molecule has 1 aliphatic heterocycles. The zero-order valence-electron chi connectivity index (χ0n) is 15.5. The van der Waals surface area contributed by atoms with Crippen molar-refractivity contribution < 1.29 is 22.3 Å². The summed E-state index contributed by atoms with van der Waals surface area (Å²) in [6, 6.07) is 5.79. The van der Waals surface area contributed by atoms with E-state index in [0.29, 0.717) is 37.9 Å². The van der Waals surface area contributed by atoms with E-state index in [4.69, 9.17) is 4.74 Å². The number of alkyl halides is 3. The summed E-state index contributed by atoms with van der Waals surface area (Å²) in [4.78, 5) is 5.55. The number of nitrogens with zero attached hydrogens (tertiary/aromatic N) is 2. The number of benzene rings is 1. The van der Waals surface area contributed by atoms with Crippen molar-refractivity contribution in [2.45, 2.75) is 25.6 Å². The second-order valence-corrected chi connectivity index (χ2v) is 6.72. The van der Waals surface area contributed by atoms with Crippen LogP contribution in [0.2, 0.25) is 0 Å². The van der Waals surface area contributed by atoms with E-state index < -0.39 is 12.7 Å². The summed E-state index contributed by atoms with van der Waals surface area (Å²) in [6.45, 7) is 2.93. The summed E-state index contributed by atoms with van der Waals surface area (Å²) in [5.74, 6) is 0.973. The van der Waals surface area contributed by atoms with Gasteiger partial charge in [-0.15, -0.1) is 0 Å². The summed E-state index contributed by atoms with van der Waals surface area (Å²) >= 11 is 0. The normalized spacial score (nSPS) is 19.8. The van der Waals surface area contributed by atoms with Crippen molar-refractivity contribution in [2.75, 3.05) is 39.8 Å². The van der Waals surface area contributed by atoms with E-state index >= 15 is 0 Å². The smallest absolute Gasteiger partial charge is 0.401 e. The van der Waals surface area contributed by atoms with Crippen molar-refractivity contribution in [3.8, 4) is 5.75 Å². The largest absolute Gasteiger partial charge is 0.489 e. The minimum Gasteiger partial charge on any atom is -0.489 e. The van der Waals surface area contributed by atoms with E-state index in [-0.39, 0.29) is 17.8 Å². The Labute approximate surface area is 156 Å². The molecule has 1 fully saturated rings. The van der Waals surface area contributed by atoms with Gasteiger partial charge in [0.1, 0.15) is 17.7 Å². The molecule has 0 aliphatic carbocycles. The Morgan fingerprint density at radius 2 is 2.00 bits per heavy atom. The second-order valence-electron chi connectivity index (χ2n) is 6.72. The molecule has 27 heavy (non-hydrogen) atoms. The number of hydrogen-bond acceptors (Lipinski definition) is 3. The van der Waals surface area contributed by atoms with Gasteiger partial charge in [0, 0.05) is 20.1 Å². The second kappa shape index (κ2) is 9.77. The standard InChI is InChI=1S/C18H26F4N4O/c1-13(27-16-5-3-15(19)4-6-16)9-24-17(23-2)25-10-14-7-8-26(11-14)12-18(20,21)22/h3-6,13-14H,7-12H2,1-2H3,(H2,23,24,25). The SMILES string of the molecule is CN=C(NCC1CCN(CC(F)(F)F)C1)NCC(C)Oc1ccc(F)cc1. The van der Waals surface area contributed by atoms with Crippen molar-refractivity contribution in [1.29, 1.82) is 0 Å². The van der Waals surface area contributed by atoms with E-state index in [1.807, 2.05) is 6.92 Å². The maximum absolute atomic E-state index is 12.9. The lowest BCUT2D eigenvalue weighted by atomic mass is 10.1. The molecule has 1 heterocycles. The first-order valence-corrected chi connectivity index (χ1v) is 8.91. The first-order valence-electron chi connectivity index (χ1n) is 8.91. The Kier molecular flexibility index (Phi) is 7.70. The lowest BCUT2D eigenvalue weighted by molar-refractivity contribution is -0.143. The number of rotatable bonds is 7. The van der Waals surface area contributed by atoms with Gasteiger partial charge in [-0.2, -0.15) is 13.2 Å². The van der Waals surface area contributed by atoms with Gasteiger partial charge in [0.25, 0.3) is 0 Å². The molecule has 1 aromatic rings. The van der Waals surface area contributed by atoms with Gasteiger partial charge in [0.2, 0.25) is 0 Å².